The first-order valence-electron chi connectivity index (χ1n) is 7.48. The van der Waals surface area contributed by atoms with Crippen LogP contribution >= 0.6 is 23.4 Å². The molecule has 0 atom stereocenters. The highest BCUT2D eigenvalue weighted by Crippen LogP contribution is 2.39. The van der Waals surface area contributed by atoms with E-state index in [-0.39, 0.29) is 40.2 Å². The Morgan fingerprint density at radius 3 is 2.64 bits per heavy atom. The highest BCUT2D eigenvalue weighted by Gasteiger charge is 2.33. The lowest BCUT2D eigenvalue weighted by molar-refractivity contribution is -0.138. The molecule has 0 unspecified atom stereocenters. The molecule has 1 heterocycles. The van der Waals surface area contributed by atoms with E-state index in [9.17, 15) is 19.8 Å². The molecule has 8 heteroatoms. The maximum absolute atomic E-state index is 12.1. The molecule has 0 spiro atoms. The molecule has 0 saturated heterocycles. The molecule has 1 aliphatic heterocycles. The van der Waals surface area contributed by atoms with Crippen LogP contribution in [0.5, 0.6) is 5.75 Å². The summed E-state index contributed by atoms with van der Waals surface area (Å²) in [6.45, 7) is 3.41. The molecule has 6 nitrogen and oxygen atoms in total. The van der Waals surface area contributed by atoms with E-state index in [2.05, 4.69) is 4.99 Å². The Hall–Kier alpha value is -2.25. The predicted molar refractivity (Wildman–Crippen MR) is 97.7 cm³/mol. The lowest BCUT2D eigenvalue weighted by atomic mass is 10.1. The number of carbonyl (C=O) groups excluding carboxylic acids is 2. The topological polar surface area (TPSA) is 96.2 Å². The number of phenolic OH excluding ortho intramolecular Hbond substituents is 1. The van der Waals surface area contributed by atoms with Gasteiger partial charge in [-0.25, -0.2) is 9.79 Å². The molecule has 0 saturated carbocycles. The van der Waals surface area contributed by atoms with Crippen LogP contribution in [0.15, 0.2) is 39.4 Å². The third-order valence-corrected chi connectivity index (χ3v) is 4.49. The predicted octanol–water partition coefficient (Wildman–Crippen LogP) is 3.84. The molecule has 1 amide bonds. The third kappa shape index (κ3) is 4.43. The molecular formula is C17H16ClNO5S. The molecule has 1 aromatic carbocycles. The van der Waals surface area contributed by atoms with Crippen LogP contribution in [0.2, 0.25) is 5.02 Å². The minimum atomic E-state index is -0.748. The van der Waals surface area contributed by atoms with E-state index < -0.39 is 11.9 Å². The smallest absolute Gasteiger partial charge is 0.344 e. The van der Waals surface area contributed by atoms with Crippen molar-refractivity contribution in [2.75, 3.05) is 6.61 Å². The Bertz CT molecular complexity index is 813. The molecule has 132 valence electrons. The molecule has 0 fully saturated rings. The van der Waals surface area contributed by atoms with Crippen molar-refractivity contribution >= 4 is 46.4 Å². The number of hydrogen-bond donors (Lipinski definition) is 2. The van der Waals surface area contributed by atoms with Crippen molar-refractivity contribution in [2.24, 2.45) is 4.99 Å². The van der Waals surface area contributed by atoms with Crippen molar-refractivity contribution in [1.82, 2.24) is 0 Å². The van der Waals surface area contributed by atoms with Gasteiger partial charge >= 0.3 is 5.97 Å². The first kappa shape index (κ1) is 19.1. The summed E-state index contributed by atoms with van der Waals surface area (Å²) >= 11 is 6.86. The average Bonchev–Trinajstić information content (AvgIpc) is 2.86. The van der Waals surface area contributed by atoms with Gasteiger partial charge < -0.3 is 14.9 Å². The number of thioether (sulfide) groups is 1. The van der Waals surface area contributed by atoms with Gasteiger partial charge in [-0.3, -0.25) is 4.79 Å². The van der Waals surface area contributed by atoms with Crippen molar-refractivity contribution in [3.63, 3.8) is 0 Å². The van der Waals surface area contributed by atoms with E-state index in [0.29, 0.717) is 10.5 Å². The second kappa shape index (κ2) is 8.22. The third-order valence-electron chi connectivity index (χ3n) is 3.17. The maximum Gasteiger partial charge on any atom is 0.344 e. The van der Waals surface area contributed by atoms with Crippen LogP contribution in [0, 0.1) is 0 Å². The van der Waals surface area contributed by atoms with Gasteiger partial charge in [0.15, 0.2) is 0 Å². The highest BCUT2D eigenvalue weighted by atomic mass is 35.5. The lowest BCUT2D eigenvalue weighted by Crippen LogP contribution is -2.14. The fourth-order valence-corrected chi connectivity index (χ4v) is 3.17. The van der Waals surface area contributed by atoms with Gasteiger partial charge in [-0.2, -0.15) is 0 Å². The highest BCUT2D eigenvalue weighted by molar-refractivity contribution is 8.18. The molecule has 25 heavy (non-hydrogen) atoms. The number of halogens is 1. The van der Waals surface area contributed by atoms with E-state index in [4.69, 9.17) is 16.3 Å². The number of hydrogen-bond acceptors (Lipinski definition) is 6. The van der Waals surface area contributed by atoms with E-state index >= 15 is 0 Å². The summed E-state index contributed by atoms with van der Waals surface area (Å²) < 4.78 is 4.93. The lowest BCUT2D eigenvalue weighted by Gasteiger charge is -2.02. The number of phenols is 1. The van der Waals surface area contributed by atoms with Crippen LogP contribution in [-0.4, -0.2) is 33.7 Å². The van der Waals surface area contributed by atoms with Crippen molar-refractivity contribution in [3.05, 3.63) is 45.0 Å². The van der Waals surface area contributed by atoms with Gasteiger partial charge in [0.05, 0.1) is 16.5 Å². The first-order valence-corrected chi connectivity index (χ1v) is 8.67. The standard InChI is InChI=1S/C17H16ClNO5S/c1-3-13(21)19-16-14(17(23)24-4-2)15(22)12(25-16)8-9-5-6-11(20)10(18)7-9/h5-8,20,22H,3-4H2,1-2H3/b12-8-,19-16?. The number of aromatic hydroxyl groups is 1. The maximum atomic E-state index is 12.1. The van der Waals surface area contributed by atoms with Gasteiger partial charge in [0, 0.05) is 6.42 Å². The van der Waals surface area contributed by atoms with Gasteiger partial charge in [0.25, 0.3) is 0 Å². The van der Waals surface area contributed by atoms with Gasteiger partial charge in [0.2, 0.25) is 5.91 Å². The largest absolute Gasteiger partial charge is 0.506 e. The van der Waals surface area contributed by atoms with E-state index in [1.807, 2.05) is 0 Å². The number of benzene rings is 1. The molecular weight excluding hydrogens is 366 g/mol. The number of aliphatic imine (C=N–C) groups is 1. The van der Waals surface area contributed by atoms with Gasteiger partial charge in [-0.05, 0) is 30.7 Å². The molecule has 0 aliphatic carbocycles. The number of rotatable bonds is 4. The normalized spacial score (nSPS) is 17.4. The molecule has 1 aliphatic rings. The number of nitrogens with zero attached hydrogens (tertiary/aromatic N) is 1. The minimum Gasteiger partial charge on any atom is -0.506 e. The number of ether oxygens (including phenoxy) is 1. The SMILES string of the molecule is CCOC(=O)C1=C(O)/C(=C/c2ccc(O)c(Cl)c2)SC1=NC(=O)CC. The van der Waals surface area contributed by atoms with Crippen LogP contribution in [0.1, 0.15) is 25.8 Å². The summed E-state index contributed by atoms with van der Waals surface area (Å²) in [5.41, 5.74) is 0.466. The van der Waals surface area contributed by atoms with Crippen LogP contribution in [0.3, 0.4) is 0 Å². The summed E-state index contributed by atoms with van der Waals surface area (Å²) in [6.07, 6.45) is 1.75. The van der Waals surface area contributed by atoms with Crippen LogP contribution in [-0.2, 0) is 14.3 Å². The Balaban J connectivity index is 2.48. The van der Waals surface area contributed by atoms with Crippen molar-refractivity contribution < 1.29 is 24.5 Å². The van der Waals surface area contributed by atoms with Crippen molar-refractivity contribution in [2.45, 2.75) is 20.3 Å². The van der Waals surface area contributed by atoms with E-state index in [1.54, 1.807) is 26.0 Å². The minimum absolute atomic E-state index is 0.0642. The molecule has 2 rings (SSSR count). The number of esters is 1. The summed E-state index contributed by atoms with van der Waals surface area (Å²) in [4.78, 5) is 27.9. The van der Waals surface area contributed by atoms with Crippen LogP contribution < -0.4 is 0 Å². The van der Waals surface area contributed by atoms with Crippen molar-refractivity contribution in [3.8, 4) is 5.75 Å². The second-order valence-electron chi connectivity index (χ2n) is 4.93. The zero-order valence-corrected chi connectivity index (χ0v) is 15.1. The zero-order valence-electron chi connectivity index (χ0n) is 13.6. The van der Waals surface area contributed by atoms with Gasteiger partial charge in [-0.15, -0.1) is 0 Å². The van der Waals surface area contributed by atoms with Gasteiger partial charge in [-0.1, -0.05) is 36.4 Å². The Morgan fingerprint density at radius 1 is 1.32 bits per heavy atom. The summed E-state index contributed by atoms with van der Waals surface area (Å²) in [6, 6.07) is 4.52. The number of carbonyl (C=O) groups is 2. The first-order chi connectivity index (χ1) is 11.9. The quantitative estimate of drug-likeness (QED) is 0.769. The number of aliphatic hydroxyl groups excluding tert-OH is 1. The second-order valence-corrected chi connectivity index (χ2v) is 6.37. The average molecular weight is 382 g/mol. The zero-order chi connectivity index (χ0) is 18.6. The molecule has 2 N–H and O–H groups in total. The van der Waals surface area contributed by atoms with E-state index in [0.717, 1.165) is 11.8 Å². The summed E-state index contributed by atoms with van der Waals surface area (Å²) in [5.74, 6) is -1.53. The molecule has 1 aromatic rings. The molecule has 0 aromatic heterocycles. The Morgan fingerprint density at radius 2 is 2.04 bits per heavy atom. The molecule has 0 radical (unpaired) electrons. The summed E-state index contributed by atoms with van der Waals surface area (Å²) in [5, 5.41) is 20.1. The van der Waals surface area contributed by atoms with Gasteiger partial charge in [0.1, 0.15) is 22.1 Å². The summed E-state index contributed by atoms with van der Waals surface area (Å²) in [7, 11) is 0. The fraction of sp³-hybridized carbons (Fsp3) is 0.235. The molecule has 0 bridgehead atoms. The fourth-order valence-electron chi connectivity index (χ4n) is 1.95. The van der Waals surface area contributed by atoms with Crippen LogP contribution in [0.25, 0.3) is 6.08 Å². The van der Waals surface area contributed by atoms with Crippen molar-refractivity contribution in [1.29, 1.82) is 0 Å². The number of aliphatic hydroxyl groups is 1. The monoisotopic (exact) mass is 381 g/mol. The number of amides is 1. The van der Waals surface area contributed by atoms with E-state index in [1.165, 1.54) is 12.1 Å². The van der Waals surface area contributed by atoms with Crippen LogP contribution in [0.4, 0.5) is 0 Å². The Labute approximate surface area is 153 Å². The Kier molecular flexibility index (Phi) is 6.27.